The van der Waals surface area contributed by atoms with Gasteiger partial charge in [0.15, 0.2) is 5.67 Å². The summed E-state index contributed by atoms with van der Waals surface area (Å²) < 4.78 is 36.0. The third-order valence-electron chi connectivity index (χ3n) is 8.29. The molecule has 6 nitrogen and oxygen atoms in total. The smallest absolute Gasteiger partial charge is 0.260 e. The van der Waals surface area contributed by atoms with Gasteiger partial charge in [-0.3, -0.25) is 4.79 Å². The molecule has 0 aromatic rings. The molecule has 0 aromatic carbocycles. The lowest BCUT2D eigenvalue weighted by molar-refractivity contribution is -0.148. The van der Waals surface area contributed by atoms with E-state index in [-0.39, 0.29) is 36.6 Å². The molecule has 1 amide bonds. The van der Waals surface area contributed by atoms with Gasteiger partial charge in [0, 0.05) is 52.2 Å². The number of hydrogen-bond acceptors (Lipinski definition) is 5. The van der Waals surface area contributed by atoms with Crippen molar-refractivity contribution in [2.75, 3.05) is 46.4 Å². The van der Waals surface area contributed by atoms with Crippen molar-refractivity contribution in [1.82, 2.24) is 9.80 Å². The zero-order valence-corrected chi connectivity index (χ0v) is 21.8. The Balaban J connectivity index is 1.33. The first-order valence-corrected chi connectivity index (χ1v) is 14.0. The van der Waals surface area contributed by atoms with E-state index in [4.69, 9.17) is 9.57 Å². The highest BCUT2D eigenvalue weighted by Gasteiger charge is 2.44. The number of oxime groups is 1. The van der Waals surface area contributed by atoms with Crippen LogP contribution < -0.4 is 0 Å². The number of allylic oxidation sites excluding steroid dienone is 2. The Bertz CT molecular complexity index is 817. The number of rotatable bonds is 4. The van der Waals surface area contributed by atoms with Gasteiger partial charge in [0.2, 0.25) is 0 Å². The predicted octanol–water partition coefficient (Wildman–Crippen LogP) is 5.20. The number of alkyl halides is 1. The molecule has 1 saturated carbocycles. The van der Waals surface area contributed by atoms with Crippen LogP contribution in [0, 0.1) is 11.8 Å². The topological polar surface area (TPSA) is 54.4 Å². The SMILES string of the molecule is CON=C1CCCCN(C(=O)C2(F)CCN(CC3CCCCC3)CC2)CCCOC2C=CC(F)=CC12. The van der Waals surface area contributed by atoms with Crippen LogP contribution in [0.5, 0.6) is 0 Å². The summed E-state index contributed by atoms with van der Waals surface area (Å²) in [6.45, 7) is 3.75. The number of likely N-dealkylation sites (tertiary alicyclic amines) is 1. The van der Waals surface area contributed by atoms with Gasteiger partial charge in [0.05, 0.1) is 17.7 Å². The van der Waals surface area contributed by atoms with Crippen LogP contribution in [0.2, 0.25) is 0 Å². The lowest BCUT2D eigenvalue weighted by Gasteiger charge is -2.40. The van der Waals surface area contributed by atoms with E-state index in [2.05, 4.69) is 10.1 Å². The molecule has 2 saturated heterocycles. The largest absolute Gasteiger partial charge is 0.399 e. The molecule has 2 aliphatic heterocycles. The molecule has 202 valence electrons. The molecule has 0 N–H and O–H groups in total. The molecule has 8 heteroatoms. The number of carbonyl (C=O) groups is 1. The molecule has 36 heavy (non-hydrogen) atoms. The maximum Gasteiger partial charge on any atom is 0.260 e. The van der Waals surface area contributed by atoms with Gasteiger partial charge in [0.25, 0.3) is 5.91 Å². The highest BCUT2D eigenvalue weighted by Crippen LogP contribution is 2.32. The van der Waals surface area contributed by atoms with Crippen LogP contribution in [0.25, 0.3) is 0 Å². The van der Waals surface area contributed by atoms with Gasteiger partial charge in [-0.05, 0) is 56.6 Å². The highest BCUT2D eigenvalue weighted by molar-refractivity contribution is 5.89. The quantitative estimate of drug-likeness (QED) is 0.491. The van der Waals surface area contributed by atoms with Gasteiger partial charge in [-0.15, -0.1) is 0 Å². The van der Waals surface area contributed by atoms with Crippen LogP contribution in [-0.2, 0) is 14.4 Å². The number of halogens is 2. The van der Waals surface area contributed by atoms with Crippen LogP contribution in [0.1, 0.15) is 70.6 Å². The molecule has 4 aliphatic rings. The van der Waals surface area contributed by atoms with Crippen molar-refractivity contribution in [1.29, 1.82) is 0 Å². The van der Waals surface area contributed by atoms with Gasteiger partial charge in [-0.2, -0.15) is 0 Å². The third-order valence-corrected chi connectivity index (χ3v) is 8.29. The van der Waals surface area contributed by atoms with Crippen molar-refractivity contribution in [3.63, 3.8) is 0 Å². The molecular formula is C28H43F2N3O3. The first-order chi connectivity index (χ1) is 17.5. The molecule has 2 unspecified atom stereocenters. The molecule has 2 aliphatic carbocycles. The molecule has 4 rings (SSSR count). The zero-order valence-electron chi connectivity index (χ0n) is 21.8. The Kier molecular flexibility index (Phi) is 9.94. The molecular weight excluding hydrogens is 464 g/mol. The minimum absolute atomic E-state index is 0.280. The van der Waals surface area contributed by atoms with Crippen molar-refractivity contribution in [2.24, 2.45) is 17.0 Å². The second kappa shape index (κ2) is 13.1. The summed E-state index contributed by atoms with van der Waals surface area (Å²) in [5.41, 5.74) is -1.05. The zero-order chi connectivity index (χ0) is 25.4. The van der Waals surface area contributed by atoms with E-state index in [0.29, 0.717) is 45.6 Å². The Morgan fingerprint density at radius 1 is 1.11 bits per heavy atom. The summed E-state index contributed by atoms with van der Waals surface area (Å²) in [6, 6.07) is 0. The van der Waals surface area contributed by atoms with Crippen molar-refractivity contribution in [2.45, 2.75) is 82.4 Å². The molecule has 0 spiro atoms. The molecule has 0 bridgehead atoms. The Hall–Kier alpha value is -1.80. The lowest BCUT2D eigenvalue weighted by Crippen LogP contribution is -2.53. The molecule has 2 atom stereocenters. The van der Waals surface area contributed by atoms with Crippen LogP contribution in [0.15, 0.2) is 29.2 Å². The molecule has 0 aromatic heterocycles. The number of carbonyl (C=O) groups excluding carboxylic acids is 1. The Labute approximate surface area is 214 Å². The molecule has 2 heterocycles. The number of piperidine rings is 1. The van der Waals surface area contributed by atoms with Crippen molar-refractivity contribution in [3.05, 3.63) is 24.1 Å². The Morgan fingerprint density at radius 3 is 2.61 bits per heavy atom. The van der Waals surface area contributed by atoms with E-state index in [9.17, 15) is 9.18 Å². The number of hydrogen-bond donors (Lipinski definition) is 0. The monoisotopic (exact) mass is 507 g/mol. The number of ether oxygens (including phenoxy) is 1. The van der Waals surface area contributed by atoms with Crippen molar-refractivity contribution < 1.29 is 23.1 Å². The summed E-state index contributed by atoms with van der Waals surface area (Å²) >= 11 is 0. The van der Waals surface area contributed by atoms with Crippen LogP contribution in [-0.4, -0.2) is 79.6 Å². The summed E-state index contributed by atoms with van der Waals surface area (Å²) in [5.74, 6) is -0.234. The summed E-state index contributed by atoms with van der Waals surface area (Å²) in [5, 5.41) is 4.16. The fourth-order valence-electron chi connectivity index (χ4n) is 6.18. The number of nitrogens with zero attached hydrogens (tertiary/aromatic N) is 3. The maximum absolute atomic E-state index is 15.9. The minimum atomic E-state index is -1.77. The Morgan fingerprint density at radius 2 is 1.86 bits per heavy atom. The lowest BCUT2D eigenvalue weighted by atomic mass is 9.87. The summed E-state index contributed by atoms with van der Waals surface area (Å²) in [7, 11) is 1.49. The first-order valence-electron chi connectivity index (χ1n) is 14.0. The predicted molar refractivity (Wildman–Crippen MR) is 137 cm³/mol. The van der Waals surface area contributed by atoms with E-state index < -0.39 is 5.67 Å². The highest BCUT2D eigenvalue weighted by atomic mass is 19.1. The van der Waals surface area contributed by atoms with Gasteiger partial charge < -0.3 is 19.4 Å². The average molecular weight is 508 g/mol. The minimum Gasteiger partial charge on any atom is -0.399 e. The first kappa shape index (κ1) is 27.2. The second-order valence-electron chi connectivity index (χ2n) is 10.9. The maximum atomic E-state index is 15.9. The van der Waals surface area contributed by atoms with Gasteiger partial charge in [-0.25, -0.2) is 8.78 Å². The van der Waals surface area contributed by atoms with Crippen LogP contribution in [0.3, 0.4) is 0 Å². The summed E-state index contributed by atoms with van der Waals surface area (Å²) in [6.07, 6.45) is 14.1. The fraction of sp³-hybridized carbons (Fsp3) is 0.786. The van der Waals surface area contributed by atoms with E-state index in [1.54, 1.807) is 11.0 Å². The third kappa shape index (κ3) is 7.15. The normalized spacial score (nSPS) is 30.1. The fourth-order valence-corrected chi connectivity index (χ4v) is 6.18. The van der Waals surface area contributed by atoms with Gasteiger partial charge in [0.1, 0.15) is 12.9 Å². The van der Waals surface area contributed by atoms with Crippen LogP contribution >= 0.6 is 0 Å². The van der Waals surface area contributed by atoms with E-state index in [0.717, 1.165) is 31.0 Å². The van der Waals surface area contributed by atoms with Crippen molar-refractivity contribution in [3.8, 4) is 0 Å². The van der Waals surface area contributed by atoms with E-state index >= 15 is 4.39 Å². The van der Waals surface area contributed by atoms with E-state index in [1.165, 1.54) is 51.4 Å². The average Bonchev–Trinajstić information content (AvgIpc) is 2.88. The standard InChI is InChI=1S/C28H43F2N3O3/c1-35-31-25-10-5-6-15-33(16-7-19-36-26-12-11-23(29)20-24(25)26)27(34)28(30)13-17-32(18-14-28)21-22-8-3-2-4-9-22/h11-12,20,22,24,26H,2-10,13-19,21H2,1H3. The molecule has 0 radical (unpaired) electrons. The van der Waals surface area contributed by atoms with E-state index in [1.807, 2.05) is 0 Å². The van der Waals surface area contributed by atoms with Gasteiger partial charge in [-0.1, -0.05) is 30.5 Å². The second-order valence-corrected chi connectivity index (χ2v) is 10.9. The number of fused-ring (bicyclic) bond motifs is 1. The van der Waals surface area contributed by atoms with Crippen LogP contribution in [0.4, 0.5) is 8.78 Å². The summed E-state index contributed by atoms with van der Waals surface area (Å²) in [4.78, 5) is 22.5. The van der Waals surface area contributed by atoms with Crippen molar-refractivity contribution >= 4 is 11.6 Å². The number of amides is 1. The van der Waals surface area contributed by atoms with Gasteiger partial charge >= 0.3 is 0 Å². The molecule has 3 fully saturated rings.